The van der Waals surface area contributed by atoms with Gasteiger partial charge in [0, 0.05) is 5.02 Å². The molecule has 0 unspecified atom stereocenters. The molecule has 20 heavy (non-hydrogen) atoms. The number of halogens is 2. The molecular weight excluding hydrogens is 303 g/mol. The number of hydrogen-bond donors (Lipinski definition) is 1. The Balaban J connectivity index is 2.39. The van der Waals surface area contributed by atoms with Crippen LogP contribution in [-0.4, -0.2) is 8.42 Å². The van der Waals surface area contributed by atoms with Crippen LogP contribution in [0.2, 0.25) is 5.02 Å². The Bertz CT molecular complexity index is 800. The smallest absolute Gasteiger partial charge is 0.261 e. The SMILES string of the molecule is N#Cc1cc(S(=O)(=O)Nc2cccc(Cl)c2)ccc1F. The van der Waals surface area contributed by atoms with Gasteiger partial charge >= 0.3 is 0 Å². The minimum absolute atomic E-state index is 0.199. The topological polar surface area (TPSA) is 70.0 Å². The zero-order valence-electron chi connectivity index (χ0n) is 9.97. The fourth-order valence-corrected chi connectivity index (χ4v) is 2.79. The molecule has 0 saturated carbocycles. The Morgan fingerprint density at radius 1 is 1.20 bits per heavy atom. The van der Waals surface area contributed by atoms with Gasteiger partial charge in [0.15, 0.2) is 0 Å². The summed E-state index contributed by atoms with van der Waals surface area (Å²) in [5, 5.41) is 9.09. The molecule has 2 rings (SSSR count). The van der Waals surface area contributed by atoms with Crippen molar-refractivity contribution < 1.29 is 12.8 Å². The third kappa shape index (κ3) is 3.07. The fourth-order valence-electron chi connectivity index (χ4n) is 1.52. The summed E-state index contributed by atoms with van der Waals surface area (Å²) in [5.74, 6) is -0.769. The van der Waals surface area contributed by atoms with E-state index in [0.29, 0.717) is 5.02 Å². The van der Waals surface area contributed by atoms with Crippen LogP contribution >= 0.6 is 11.6 Å². The predicted molar refractivity (Wildman–Crippen MR) is 73.4 cm³/mol. The standard InChI is InChI=1S/C13H8ClFN2O2S/c14-10-2-1-3-11(7-10)17-20(18,19)12-4-5-13(15)9(6-12)8-16/h1-7,17H. The highest BCUT2D eigenvalue weighted by Gasteiger charge is 2.16. The maximum atomic E-state index is 13.2. The number of anilines is 1. The molecule has 0 amide bonds. The molecule has 0 heterocycles. The molecule has 2 aromatic rings. The fraction of sp³-hybridized carbons (Fsp3) is 0. The first kappa shape index (κ1) is 14.3. The molecule has 0 aromatic heterocycles. The van der Waals surface area contributed by atoms with Crippen molar-refractivity contribution in [2.24, 2.45) is 0 Å². The number of nitrogens with zero attached hydrogens (tertiary/aromatic N) is 1. The molecule has 0 aliphatic rings. The summed E-state index contributed by atoms with van der Waals surface area (Å²) in [6.45, 7) is 0. The van der Waals surface area contributed by atoms with Crippen molar-refractivity contribution in [3.63, 3.8) is 0 Å². The molecule has 102 valence electrons. The maximum absolute atomic E-state index is 13.2. The lowest BCUT2D eigenvalue weighted by molar-refractivity contribution is 0.599. The Morgan fingerprint density at radius 2 is 1.95 bits per heavy atom. The number of sulfonamides is 1. The highest BCUT2D eigenvalue weighted by atomic mass is 35.5. The van der Waals surface area contributed by atoms with E-state index in [1.165, 1.54) is 12.1 Å². The second-order valence-corrected chi connectivity index (χ2v) is 5.99. The lowest BCUT2D eigenvalue weighted by atomic mass is 10.2. The number of nitrogens with one attached hydrogen (secondary N) is 1. The molecule has 4 nitrogen and oxygen atoms in total. The van der Waals surface area contributed by atoms with Gasteiger partial charge in [0.25, 0.3) is 10.0 Å². The van der Waals surface area contributed by atoms with Crippen molar-refractivity contribution in [1.82, 2.24) is 0 Å². The van der Waals surface area contributed by atoms with Crippen LogP contribution in [0, 0.1) is 17.1 Å². The van der Waals surface area contributed by atoms with E-state index < -0.39 is 15.8 Å². The van der Waals surface area contributed by atoms with E-state index in [1.54, 1.807) is 18.2 Å². The largest absolute Gasteiger partial charge is 0.280 e. The van der Waals surface area contributed by atoms with E-state index in [1.807, 2.05) is 0 Å². The van der Waals surface area contributed by atoms with E-state index in [0.717, 1.165) is 18.2 Å². The summed E-state index contributed by atoms with van der Waals surface area (Å²) in [6.07, 6.45) is 0. The van der Waals surface area contributed by atoms with Crippen molar-refractivity contribution in [2.75, 3.05) is 4.72 Å². The molecule has 0 aliphatic heterocycles. The number of benzene rings is 2. The summed E-state index contributed by atoms with van der Waals surface area (Å²) in [4.78, 5) is -0.199. The molecule has 0 spiro atoms. The molecule has 0 aliphatic carbocycles. The van der Waals surface area contributed by atoms with Crippen LogP contribution in [0.4, 0.5) is 10.1 Å². The second kappa shape index (κ2) is 5.49. The van der Waals surface area contributed by atoms with Crippen molar-refractivity contribution in [1.29, 1.82) is 5.26 Å². The van der Waals surface area contributed by atoms with Gasteiger partial charge in [-0.15, -0.1) is 0 Å². The first-order valence-electron chi connectivity index (χ1n) is 5.40. The molecule has 7 heteroatoms. The van der Waals surface area contributed by atoms with E-state index >= 15 is 0 Å². The second-order valence-electron chi connectivity index (χ2n) is 3.87. The van der Waals surface area contributed by atoms with Gasteiger partial charge in [-0.1, -0.05) is 17.7 Å². The van der Waals surface area contributed by atoms with E-state index in [9.17, 15) is 12.8 Å². The van der Waals surface area contributed by atoms with Crippen LogP contribution in [0.25, 0.3) is 0 Å². The normalized spacial score (nSPS) is 10.8. The van der Waals surface area contributed by atoms with Gasteiger partial charge in [0.05, 0.1) is 16.1 Å². The summed E-state index contributed by atoms with van der Waals surface area (Å²) < 4.78 is 39.7. The lowest BCUT2D eigenvalue weighted by Gasteiger charge is -2.08. The van der Waals surface area contributed by atoms with Crippen LogP contribution in [0.15, 0.2) is 47.4 Å². The third-order valence-corrected chi connectivity index (χ3v) is 4.06. The van der Waals surface area contributed by atoms with Crippen molar-refractivity contribution in [2.45, 2.75) is 4.90 Å². The molecule has 2 aromatic carbocycles. The first-order valence-corrected chi connectivity index (χ1v) is 7.26. The summed E-state index contributed by atoms with van der Waals surface area (Å²) >= 11 is 5.76. The minimum atomic E-state index is -3.91. The van der Waals surface area contributed by atoms with E-state index in [-0.39, 0.29) is 16.1 Å². The summed E-state index contributed by atoms with van der Waals surface area (Å²) in [7, 11) is -3.91. The molecule has 0 radical (unpaired) electrons. The number of nitriles is 1. The highest BCUT2D eigenvalue weighted by molar-refractivity contribution is 7.92. The predicted octanol–water partition coefficient (Wildman–Crippen LogP) is 3.15. The van der Waals surface area contributed by atoms with Gasteiger partial charge in [0.1, 0.15) is 11.9 Å². The Labute approximate surface area is 120 Å². The average Bonchev–Trinajstić information content (AvgIpc) is 2.38. The third-order valence-electron chi connectivity index (χ3n) is 2.45. The van der Waals surface area contributed by atoms with E-state index in [2.05, 4.69) is 4.72 Å². The summed E-state index contributed by atoms with van der Waals surface area (Å²) in [6, 6.07) is 10.7. The van der Waals surface area contributed by atoms with Crippen LogP contribution in [-0.2, 0) is 10.0 Å². The zero-order chi connectivity index (χ0) is 14.8. The van der Waals surface area contributed by atoms with Crippen molar-refractivity contribution >= 4 is 27.3 Å². The molecule has 0 bridgehead atoms. The van der Waals surface area contributed by atoms with Crippen molar-refractivity contribution in [3.05, 3.63) is 58.9 Å². The Kier molecular flexibility index (Phi) is 3.93. The Morgan fingerprint density at radius 3 is 2.60 bits per heavy atom. The Hall–Kier alpha value is -2.10. The molecule has 0 saturated heterocycles. The van der Waals surface area contributed by atoms with Gasteiger partial charge in [-0.05, 0) is 36.4 Å². The lowest BCUT2D eigenvalue weighted by Crippen LogP contribution is -2.13. The molecule has 1 N–H and O–H groups in total. The van der Waals surface area contributed by atoms with E-state index in [4.69, 9.17) is 16.9 Å². The summed E-state index contributed by atoms with van der Waals surface area (Å²) in [5.41, 5.74) is -0.0562. The van der Waals surface area contributed by atoms with Gasteiger partial charge in [-0.25, -0.2) is 12.8 Å². The number of rotatable bonds is 3. The molecular formula is C13H8ClFN2O2S. The molecule has 0 fully saturated rings. The maximum Gasteiger partial charge on any atom is 0.261 e. The average molecular weight is 311 g/mol. The van der Waals surface area contributed by atoms with Gasteiger partial charge in [-0.3, -0.25) is 4.72 Å². The number of hydrogen-bond acceptors (Lipinski definition) is 3. The van der Waals surface area contributed by atoms with Gasteiger partial charge in [0.2, 0.25) is 0 Å². The first-order chi connectivity index (χ1) is 9.42. The zero-order valence-corrected chi connectivity index (χ0v) is 11.5. The quantitative estimate of drug-likeness (QED) is 0.946. The van der Waals surface area contributed by atoms with Crippen molar-refractivity contribution in [3.8, 4) is 6.07 Å². The highest BCUT2D eigenvalue weighted by Crippen LogP contribution is 2.20. The van der Waals surface area contributed by atoms with Gasteiger partial charge in [-0.2, -0.15) is 5.26 Å². The molecule has 0 atom stereocenters. The van der Waals surface area contributed by atoms with Crippen LogP contribution in [0.3, 0.4) is 0 Å². The monoisotopic (exact) mass is 310 g/mol. The minimum Gasteiger partial charge on any atom is -0.280 e. The van der Waals surface area contributed by atoms with Crippen LogP contribution in [0.1, 0.15) is 5.56 Å². The van der Waals surface area contributed by atoms with Crippen LogP contribution < -0.4 is 4.72 Å². The van der Waals surface area contributed by atoms with Gasteiger partial charge < -0.3 is 0 Å². The van der Waals surface area contributed by atoms with Crippen LogP contribution in [0.5, 0.6) is 0 Å².